The Hall–Kier alpha value is -0.770. The van der Waals surface area contributed by atoms with Gasteiger partial charge in [0.05, 0.1) is 0 Å². The van der Waals surface area contributed by atoms with Gasteiger partial charge >= 0.3 is 6.09 Å². The lowest BCUT2D eigenvalue weighted by molar-refractivity contribution is -0.0957. The highest BCUT2D eigenvalue weighted by molar-refractivity contribution is 5.67. The topological polar surface area (TPSA) is 50.4 Å². The van der Waals surface area contributed by atoms with E-state index in [1.165, 1.54) is 0 Å². The molecule has 112 valence electrons. The first-order valence-electron chi connectivity index (χ1n) is 7.37. The highest BCUT2D eigenvalue weighted by Gasteiger charge is 2.47. The largest absolute Gasteiger partial charge is 0.442 e. The average Bonchev–Trinajstić information content (AvgIpc) is 2.29. The molecule has 0 spiro atoms. The Morgan fingerprint density at radius 3 is 2.16 bits per heavy atom. The van der Waals surface area contributed by atoms with Crippen molar-refractivity contribution in [2.24, 2.45) is 5.41 Å². The monoisotopic (exact) mass is 270 g/mol. The van der Waals surface area contributed by atoms with E-state index >= 15 is 0 Å². The number of nitrogens with one attached hydrogen (secondary N) is 2. The Kier molecular flexibility index (Phi) is 5.25. The number of hydrogen-bond acceptors (Lipinski definition) is 3. The standard InChI is InChI=1S/C15H30N2O2/c1-11(2)17-12-7-9-15(10-8-12,14(3,4)5)19-13(18)16-6/h11-12,17H,7-10H2,1-6H3,(H,16,18). The lowest BCUT2D eigenvalue weighted by atomic mass is 9.67. The van der Waals surface area contributed by atoms with Crippen LogP contribution >= 0.6 is 0 Å². The first-order valence-corrected chi connectivity index (χ1v) is 7.37. The van der Waals surface area contributed by atoms with E-state index in [0.717, 1.165) is 25.7 Å². The van der Waals surface area contributed by atoms with Crippen LogP contribution in [0.4, 0.5) is 4.79 Å². The summed E-state index contributed by atoms with van der Waals surface area (Å²) in [6.45, 7) is 10.8. The van der Waals surface area contributed by atoms with E-state index in [2.05, 4.69) is 45.3 Å². The van der Waals surface area contributed by atoms with Crippen LogP contribution in [0.2, 0.25) is 0 Å². The fourth-order valence-corrected chi connectivity index (χ4v) is 2.96. The van der Waals surface area contributed by atoms with Crippen molar-refractivity contribution in [1.29, 1.82) is 0 Å². The van der Waals surface area contributed by atoms with Crippen LogP contribution in [0.5, 0.6) is 0 Å². The van der Waals surface area contributed by atoms with Crippen LogP contribution in [0, 0.1) is 5.41 Å². The molecule has 1 rings (SSSR count). The molecule has 0 unspecified atom stereocenters. The van der Waals surface area contributed by atoms with Crippen LogP contribution in [0.15, 0.2) is 0 Å². The van der Waals surface area contributed by atoms with Gasteiger partial charge < -0.3 is 15.4 Å². The summed E-state index contributed by atoms with van der Waals surface area (Å²) in [6, 6.07) is 1.05. The summed E-state index contributed by atoms with van der Waals surface area (Å²) < 4.78 is 5.77. The van der Waals surface area contributed by atoms with Gasteiger partial charge in [-0.2, -0.15) is 0 Å². The number of alkyl carbamates (subject to hydrolysis) is 1. The van der Waals surface area contributed by atoms with Gasteiger partial charge in [0.1, 0.15) is 5.60 Å². The van der Waals surface area contributed by atoms with Crippen molar-refractivity contribution in [2.75, 3.05) is 7.05 Å². The van der Waals surface area contributed by atoms with E-state index in [1.807, 2.05) is 0 Å². The molecule has 0 heterocycles. The predicted octanol–water partition coefficient (Wildman–Crippen LogP) is 3.07. The maximum absolute atomic E-state index is 11.6. The van der Waals surface area contributed by atoms with Crippen LogP contribution in [-0.2, 0) is 4.74 Å². The van der Waals surface area contributed by atoms with Gasteiger partial charge in [-0.15, -0.1) is 0 Å². The zero-order valence-corrected chi connectivity index (χ0v) is 13.3. The lowest BCUT2D eigenvalue weighted by Crippen LogP contribution is -2.53. The number of rotatable bonds is 3. The number of amides is 1. The normalized spacial score (nSPS) is 28.3. The number of carbonyl (C=O) groups excluding carboxylic acids is 1. The highest BCUT2D eigenvalue weighted by atomic mass is 16.6. The number of ether oxygens (including phenoxy) is 1. The SMILES string of the molecule is CNC(=O)OC1(C(C)(C)C)CCC(NC(C)C)CC1. The molecule has 1 amide bonds. The zero-order valence-electron chi connectivity index (χ0n) is 13.3. The van der Waals surface area contributed by atoms with Crippen molar-refractivity contribution in [3.05, 3.63) is 0 Å². The van der Waals surface area contributed by atoms with Crippen molar-refractivity contribution in [1.82, 2.24) is 10.6 Å². The third-order valence-corrected chi connectivity index (χ3v) is 4.22. The summed E-state index contributed by atoms with van der Waals surface area (Å²) in [6.07, 6.45) is 3.66. The molecular weight excluding hydrogens is 240 g/mol. The van der Waals surface area contributed by atoms with Crippen molar-refractivity contribution in [3.8, 4) is 0 Å². The van der Waals surface area contributed by atoms with Crippen LogP contribution in [0.3, 0.4) is 0 Å². The average molecular weight is 270 g/mol. The Bertz CT molecular complexity index is 300. The Labute approximate surface area is 117 Å². The summed E-state index contributed by atoms with van der Waals surface area (Å²) in [5, 5.41) is 6.16. The first-order chi connectivity index (χ1) is 8.70. The van der Waals surface area contributed by atoms with Gasteiger partial charge in [-0.1, -0.05) is 34.6 Å². The fraction of sp³-hybridized carbons (Fsp3) is 0.933. The third kappa shape index (κ3) is 4.10. The molecule has 0 radical (unpaired) electrons. The van der Waals surface area contributed by atoms with Crippen molar-refractivity contribution in [3.63, 3.8) is 0 Å². The minimum Gasteiger partial charge on any atom is -0.442 e. The maximum atomic E-state index is 11.6. The van der Waals surface area contributed by atoms with Crippen LogP contribution < -0.4 is 10.6 Å². The Balaban J connectivity index is 2.73. The maximum Gasteiger partial charge on any atom is 0.407 e. The van der Waals surface area contributed by atoms with Gasteiger partial charge in [-0.05, 0) is 25.7 Å². The molecule has 0 saturated heterocycles. The minimum atomic E-state index is -0.345. The molecule has 0 aliphatic heterocycles. The zero-order chi connectivity index (χ0) is 14.7. The second-order valence-corrected chi connectivity index (χ2v) is 6.98. The summed E-state index contributed by atoms with van der Waals surface area (Å²) >= 11 is 0. The molecule has 1 fully saturated rings. The summed E-state index contributed by atoms with van der Waals surface area (Å²) in [5.74, 6) is 0. The van der Waals surface area contributed by atoms with E-state index in [9.17, 15) is 4.79 Å². The van der Waals surface area contributed by atoms with Crippen molar-refractivity contribution < 1.29 is 9.53 Å². The minimum absolute atomic E-state index is 0.0394. The molecule has 0 aromatic rings. The molecule has 2 N–H and O–H groups in total. The molecule has 4 heteroatoms. The fourth-order valence-electron chi connectivity index (χ4n) is 2.96. The molecule has 19 heavy (non-hydrogen) atoms. The van der Waals surface area contributed by atoms with E-state index < -0.39 is 0 Å². The van der Waals surface area contributed by atoms with Gasteiger partial charge in [-0.3, -0.25) is 0 Å². The van der Waals surface area contributed by atoms with E-state index in [4.69, 9.17) is 4.74 Å². The van der Waals surface area contributed by atoms with Gasteiger partial charge in [0, 0.05) is 24.5 Å². The van der Waals surface area contributed by atoms with Crippen LogP contribution in [0.1, 0.15) is 60.3 Å². The van der Waals surface area contributed by atoms with Crippen molar-refractivity contribution >= 4 is 6.09 Å². The highest BCUT2D eigenvalue weighted by Crippen LogP contribution is 2.45. The molecule has 1 aliphatic carbocycles. The third-order valence-electron chi connectivity index (χ3n) is 4.22. The molecule has 1 aliphatic rings. The predicted molar refractivity (Wildman–Crippen MR) is 78.3 cm³/mol. The van der Waals surface area contributed by atoms with Crippen molar-refractivity contribution in [2.45, 2.75) is 78.0 Å². The Morgan fingerprint density at radius 2 is 1.79 bits per heavy atom. The van der Waals surface area contributed by atoms with Crippen LogP contribution in [0.25, 0.3) is 0 Å². The van der Waals surface area contributed by atoms with E-state index in [-0.39, 0.29) is 17.1 Å². The summed E-state index contributed by atoms with van der Waals surface area (Å²) in [7, 11) is 1.62. The molecule has 0 aromatic heterocycles. The first kappa shape index (κ1) is 16.3. The Morgan fingerprint density at radius 1 is 1.26 bits per heavy atom. The number of hydrogen-bond donors (Lipinski definition) is 2. The molecule has 4 nitrogen and oxygen atoms in total. The summed E-state index contributed by atoms with van der Waals surface area (Å²) in [4.78, 5) is 11.6. The van der Waals surface area contributed by atoms with Gasteiger partial charge in [-0.25, -0.2) is 4.79 Å². The molecular formula is C15H30N2O2. The van der Waals surface area contributed by atoms with E-state index in [1.54, 1.807) is 7.05 Å². The second kappa shape index (κ2) is 6.12. The number of carbonyl (C=O) groups is 1. The van der Waals surface area contributed by atoms with E-state index in [0.29, 0.717) is 12.1 Å². The van der Waals surface area contributed by atoms with Crippen LogP contribution in [-0.4, -0.2) is 30.8 Å². The van der Waals surface area contributed by atoms with Gasteiger partial charge in [0.25, 0.3) is 0 Å². The lowest BCUT2D eigenvalue weighted by Gasteiger charge is -2.48. The van der Waals surface area contributed by atoms with Gasteiger partial charge in [0.2, 0.25) is 0 Å². The quantitative estimate of drug-likeness (QED) is 0.828. The second-order valence-electron chi connectivity index (χ2n) is 6.98. The summed E-state index contributed by atoms with van der Waals surface area (Å²) in [5.41, 5.74) is -0.384. The molecule has 0 aromatic carbocycles. The molecule has 1 saturated carbocycles. The smallest absolute Gasteiger partial charge is 0.407 e. The molecule has 0 atom stereocenters. The van der Waals surface area contributed by atoms with Gasteiger partial charge in [0.15, 0.2) is 0 Å². The molecule has 0 bridgehead atoms.